The topological polar surface area (TPSA) is 131 Å². The molecule has 0 aromatic heterocycles. The van der Waals surface area contributed by atoms with E-state index >= 15 is 0 Å². The predicted octanol–water partition coefficient (Wildman–Crippen LogP) is 4.58. The summed E-state index contributed by atoms with van der Waals surface area (Å²) in [5.74, 6) is -0.202. The minimum Gasteiger partial charge on any atom is -0.273 e. The van der Waals surface area contributed by atoms with Crippen molar-refractivity contribution in [1.82, 2.24) is 0 Å². The van der Waals surface area contributed by atoms with Gasteiger partial charge in [0.2, 0.25) is 5.91 Å². The number of nitro groups is 2. The van der Waals surface area contributed by atoms with E-state index in [0.29, 0.717) is 28.4 Å². The Morgan fingerprint density at radius 3 is 2.29 bits per heavy atom. The first-order valence-corrected chi connectivity index (χ1v) is 10.9. The van der Waals surface area contributed by atoms with E-state index in [-0.39, 0.29) is 17.3 Å². The Balaban J connectivity index is 1.59. The third kappa shape index (κ3) is 5.15. The molecule has 4 rings (SSSR count). The molecule has 1 aliphatic heterocycles. The van der Waals surface area contributed by atoms with Crippen molar-refractivity contribution in [2.75, 3.05) is 4.90 Å². The number of nitrogens with zero attached hydrogens (tertiary/aromatic N) is 5. The quantitative estimate of drug-likeness (QED) is 0.279. The van der Waals surface area contributed by atoms with Gasteiger partial charge in [0.1, 0.15) is 0 Å². The van der Waals surface area contributed by atoms with Crippen molar-refractivity contribution in [3.05, 3.63) is 110 Å². The molecule has 1 saturated heterocycles. The second-order valence-corrected chi connectivity index (χ2v) is 8.39. The molecule has 0 saturated carbocycles. The van der Waals surface area contributed by atoms with E-state index in [2.05, 4.69) is 10.2 Å². The number of benzene rings is 3. The summed E-state index contributed by atoms with van der Waals surface area (Å²) in [6.07, 6.45) is 1.73. The number of hydrogen-bond donors (Lipinski definition) is 0. The molecule has 3 aromatic carbocycles. The SMILES string of the molecule is O=C1[C@@H](Cc2cccc([N+](=O)[O-])c2)S/C(=N\N=C/c2ccc([N+](=O)[O-])cc2)N1c1ccccc1. The molecule has 170 valence electrons. The van der Waals surface area contributed by atoms with E-state index in [1.807, 2.05) is 6.07 Å². The highest BCUT2D eigenvalue weighted by atomic mass is 32.2. The Labute approximate surface area is 197 Å². The molecule has 0 aliphatic carbocycles. The molecule has 10 nitrogen and oxygen atoms in total. The molecule has 0 unspecified atom stereocenters. The normalized spacial score (nSPS) is 16.9. The van der Waals surface area contributed by atoms with E-state index in [1.165, 1.54) is 47.1 Å². The van der Waals surface area contributed by atoms with Gasteiger partial charge in [0.15, 0.2) is 5.17 Å². The van der Waals surface area contributed by atoms with Gasteiger partial charge in [-0.1, -0.05) is 42.1 Å². The molecule has 0 N–H and O–H groups in total. The standard InChI is InChI=1S/C23H17N5O5S/c29-22-21(14-17-5-4-8-20(13-17)28(32)33)34-23(26(22)18-6-2-1-3-7-18)25-24-15-16-9-11-19(12-10-16)27(30)31/h1-13,15,21H,14H2/b24-15-,25-23-/t21-/m1/s1. The number of carbonyl (C=O) groups is 1. The highest BCUT2D eigenvalue weighted by Gasteiger charge is 2.39. The molecule has 3 aromatic rings. The number of amides is 1. The Morgan fingerprint density at radius 2 is 1.62 bits per heavy atom. The smallest absolute Gasteiger partial charge is 0.269 e. The van der Waals surface area contributed by atoms with Gasteiger partial charge in [-0.3, -0.25) is 29.9 Å². The van der Waals surface area contributed by atoms with Gasteiger partial charge in [-0.25, -0.2) is 0 Å². The van der Waals surface area contributed by atoms with E-state index < -0.39 is 15.1 Å². The monoisotopic (exact) mass is 475 g/mol. The van der Waals surface area contributed by atoms with Crippen LogP contribution in [-0.4, -0.2) is 32.4 Å². The van der Waals surface area contributed by atoms with E-state index in [0.717, 1.165) is 0 Å². The van der Waals surface area contributed by atoms with E-state index in [1.54, 1.807) is 48.5 Å². The molecule has 0 bridgehead atoms. The van der Waals surface area contributed by atoms with Crippen LogP contribution in [0.2, 0.25) is 0 Å². The van der Waals surface area contributed by atoms with Crippen LogP contribution in [0.5, 0.6) is 0 Å². The average Bonchev–Trinajstić information content (AvgIpc) is 3.14. The fourth-order valence-corrected chi connectivity index (χ4v) is 4.45. The maximum atomic E-state index is 13.2. The van der Waals surface area contributed by atoms with Crippen molar-refractivity contribution in [2.24, 2.45) is 10.2 Å². The summed E-state index contributed by atoms with van der Waals surface area (Å²) < 4.78 is 0. The van der Waals surface area contributed by atoms with Gasteiger partial charge in [0, 0.05) is 24.3 Å². The Morgan fingerprint density at radius 1 is 0.912 bits per heavy atom. The number of anilines is 1. The molecule has 1 heterocycles. The summed E-state index contributed by atoms with van der Waals surface area (Å²) in [4.78, 5) is 35.6. The zero-order chi connectivity index (χ0) is 24.1. The third-order valence-electron chi connectivity index (χ3n) is 4.95. The van der Waals surface area contributed by atoms with Crippen molar-refractivity contribution < 1.29 is 14.6 Å². The maximum absolute atomic E-state index is 13.2. The van der Waals surface area contributed by atoms with E-state index in [9.17, 15) is 25.0 Å². The molecule has 1 fully saturated rings. The Hall–Kier alpha value is -4.38. The third-order valence-corrected chi connectivity index (χ3v) is 6.07. The van der Waals surface area contributed by atoms with Gasteiger partial charge in [-0.2, -0.15) is 5.10 Å². The van der Waals surface area contributed by atoms with E-state index in [4.69, 9.17) is 0 Å². The lowest BCUT2D eigenvalue weighted by Gasteiger charge is -2.15. The molecule has 1 atom stereocenters. The van der Waals surface area contributed by atoms with Crippen LogP contribution in [0, 0.1) is 20.2 Å². The van der Waals surface area contributed by atoms with Gasteiger partial charge in [0.05, 0.1) is 27.0 Å². The fraction of sp³-hybridized carbons (Fsp3) is 0.0870. The molecule has 34 heavy (non-hydrogen) atoms. The summed E-state index contributed by atoms with van der Waals surface area (Å²) >= 11 is 1.23. The van der Waals surface area contributed by atoms with Crippen molar-refractivity contribution in [3.63, 3.8) is 0 Å². The number of carbonyl (C=O) groups excluding carboxylic acids is 1. The van der Waals surface area contributed by atoms with Crippen molar-refractivity contribution in [3.8, 4) is 0 Å². The number of rotatable bonds is 7. The van der Waals surface area contributed by atoms with Gasteiger partial charge in [0.25, 0.3) is 11.4 Å². The lowest BCUT2D eigenvalue weighted by molar-refractivity contribution is -0.385. The lowest BCUT2D eigenvalue weighted by atomic mass is 10.1. The summed E-state index contributed by atoms with van der Waals surface area (Å²) in [6, 6.07) is 21.1. The summed E-state index contributed by atoms with van der Waals surface area (Å²) in [5, 5.41) is 30.0. The summed E-state index contributed by atoms with van der Waals surface area (Å²) in [5.41, 5.74) is 1.85. The largest absolute Gasteiger partial charge is 0.273 e. The number of amidine groups is 1. The Bertz CT molecular complexity index is 1290. The maximum Gasteiger partial charge on any atom is 0.269 e. The zero-order valence-electron chi connectivity index (χ0n) is 17.6. The van der Waals surface area contributed by atoms with Crippen molar-refractivity contribution in [2.45, 2.75) is 11.7 Å². The highest BCUT2D eigenvalue weighted by Crippen LogP contribution is 2.34. The zero-order valence-corrected chi connectivity index (χ0v) is 18.4. The van der Waals surface area contributed by atoms with Crippen LogP contribution in [0.4, 0.5) is 17.1 Å². The average molecular weight is 475 g/mol. The van der Waals surface area contributed by atoms with Crippen LogP contribution < -0.4 is 4.90 Å². The first-order chi connectivity index (χ1) is 16.4. The van der Waals surface area contributed by atoms with Gasteiger partial charge < -0.3 is 0 Å². The van der Waals surface area contributed by atoms with Gasteiger partial charge in [-0.15, -0.1) is 5.10 Å². The first kappa shape index (κ1) is 22.8. The number of para-hydroxylation sites is 1. The number of thioether (sulfide) groups is 1. The molecule has 11 heteroatoms. The van der Waals surface area contributed by atoms with Crippen molar-refractivity contribution >= 4 is 46.1 Å². The van der Waals surface area contributed by atoms with Gasteiger partial charge in [-0.05, 0) is 41.8 Å². The second-order valence-electron chi connectivity index (χ2n) is 7.22. The number of non-ortho nitro benzene ring substituents is 2. The molecule has 0 spiro atoms. The lowest BCUT2D eigenvalue weighted by Crippen LogP contribution is -2.32. The first-order valence-electron chi connectivity index (χ1n) is 10.1. The number of nitro benzene ring substituents is 2. The minimum absolute atomic E-state index is 0.0281. The highest BCUT2D eigenvalue weighted by molar-refractivity contribution is 8.16. The van der Waals surface area contributed by atoms with Crippen LogP contribution >= 0.6 is 11.8 Å². The number of hydrogen-bond acceptors (Lipinski definition) is 8. The Kier molecular flexibility index (Phi) is 6.74. The predicted molar refractivity (Wildman–Crippen MR) is 130 cm³/mol. The van der Waals surface area contributed by atoms with Crippen LogP contribution in [0.1, 0.15) is 11.1 Å². The van der Waals surface area contributed by atoms with Gasteiger partial charge >= 0.3 is 0 Å². The molecule has 0 radical (unpaired) electrons. The fourth-order valence-electron chi connectivity index (χ4n) is 3.32. The molecular formula is C23H17N5O5S. The molecular weight excluding hydrogens is 458 g/mol. The van der Waals surface area contributed by atoms with Crippen LogP contribution in [0.3, 0.4) is 0 Å². The summed E-state index contributed by atoms with van der Waals surface area (Å²) in [6.45, 7) is 0. The van der Waals surface area contributed by atoms with Crippen molar-refractivity contribution in [1.29, 1.82) is 0 Å². The molecule has 1 aliphatic rings. The minimum atomic E-state index is -0.532. The summed E-state index contributed by atoms with van der Waals surface area (Å²) in [7, 11) is 0. The molecule has 1 amide bonds. The van der Waals surface area contributed by atoms with Crippen LogP contribution in [0.15, 0.2) is 89.1 Å². The second kappa shape index (κ2) is 10.0. The van der Waals surface area contributed by atoms with Crippen LogP contribution in [-0.2, 0) is 11.2 Å². The van der Waals surface area contributed by atoms with Crippen LogP contribution in [0.25, 0.3) is 0 Å².